The number of likely N-dealkylation sites (N-methyl/N-ethyl adjacent to an activating group) is 2. The first-order valence-electron chi connectivity index (χ1n) is 19.0. The summed E-state index contributed by atoms with van der Waals surface area (Å²) in [7, 11) is 3.82. The molecular formula is C45H48ClN5O4. The van der Waals surface area contributed by atoms with Gasteiger partial charge in [-0.05, 0) is 119 Å². The molecule has 1 aliphatic carbocycles. The van der Waals surface area contributed by atoms with E-state index in [1.165, 1.54) is 72.7 Å². The topological polar surface area (TPSA) is 108 Å². The van der Waals surface area contributed by atoms with Gasteiger partial charge < -0.3 is 19.6 Å². The van der Waals surface area contributed by atoms with Gasteiger partial charge in [0.05, 0.1) is 12.1 Å². The lowest BCUT2D eigenvalue weighted by Gasteiger charge is -2.42. The lowest BCUT2D eigenvalue weighted by molar-refractivity contribution is -2.00. The number of hydrogen-bond donors (Lipinski definition) is 0. The summed E-state index contributed by atoms with van der Waals surface area (Å²) in [6, 6.07) is 33.7. The molecule has 9 rings (SSSR count). The third-order valence-electron chi connectivity index (χ3n) is 11.8. The highest BCUT2D eigenvalue weighted by Crippen LogP contribution is 2.44. The molecule has 0 saturated carbocycles. The van der Waals surface area contributed by atoms with Crippen LogP contribution in [0.5, 0.6) is 0 Å². The van der Waals surface area contributed by atoms with Crippen LogP contribution in [0.15, 0.2) is 115 Å². The molecule has 0 amide bonds. The second-order valence-electron chi connectivity index (χ2n) is 15.6. The molecule has 9 nitrogen and oxygen atoms in total. The number of hydrogen-bond acceptors (Lipinski definition) is 8. The van der Waals surface area contributed by atoms with Gasteiger partial charge in [-0.25, -0.2) is 23.2 Å². The van der Waals surface area contributed by atoms with E-state index in [4.69, 9.17) is 18.6 Å². The van der Waals surface area contributed by atoms with Crippen LogP contribution in [0.4, 0.5) is 11.4 Å². The number of halogens is 1. The highest BCUT2D eigenvalue weighted by Gasteiger charge is 2.34. The lowest BCUT2D eigenvalue weighted by atomic mass is 9.87. The van der Waals surface area contributed by atoms with Crippen LogP contribution in [0.1, 0.15) is 56.6 Å². The number of nitrogens with zero attached hydrogens (tertiary/aromatic N) is 5. The van der Waals surface area contributed by atoms with E-state index >= 15 is 0 Å². The van der Waals surface area contributed by atoms with Gasteiger partial charge in [-0.2, -0.15) is 0 Å². The highest BCUT2D eigenvalue weighted by molar-refractivity contribution is 6.04. The van der Waals surface area contributed by atoms with Gasteiger partial charge >= 0.3 is 0 Å². The van der Waals surface area contributed by atoms with Gasteiger partial charge in [0.25, 0.3) is 0 Å². The third-order valence-corrected chi connectivity index (χ3v) is 11.8. The Kier molecular flexibility index (Phi) is 10.3. The maximum Gasteiger partial charge on any atom is 0.199 e. The van der Waals surface area contributed by atoms with Gasteiger partial charge in [0.1, 0.15) is 14.1 Å². The van der Waals surface area contributed by atoms with Crippen LogP contribution < -0.4 is 28.4 Å². The van der Waals surface area contributed by atoms with Gasteiger partial charge in [0, 0.05) is 62.8 Å². The molecule has 0 N–H and O–H groups in total. The maximum absolute atomic E-state index is 8.49. The summed E-state index contributed by atoms with van der Waals surface area (Å²) in [5, 5.41) is 0. The predicted octanol–water partition coefficient (Wildman–Crippen LogP) is 2.37. The molecule has 0 bridgehead atoms. The van der Waals surface area contributed by atoms with Crippen LogP contribution in [0.2, 0.25) is 0 Å². The molecule has 4 aromatic rings. The van der Waals surface area contributed by atoms with Crippen molar-refractivity contribution in [1.29, 1.82) is 0 Å². The van der Waals surface area contributed by atoms with Crippen LogP contribution >= 0.6 is 0 Å². The van der Waals surface area contributed by atoms with E-state index in [0.29, 0.717) is 12.1 Å². The Balaban J connectivity index is 0.000000805. The molecule has 4 aliphatic heterocycles. The molecule has 2 unspecified atom stereocenters. The van der Waals surface area contributed by atoms with Gasteiger partial charge in [0.2, 0.25) is 0 Å². The molecule has 2 atom stereocenters. The summed E-state index contributed by atoms with van der Waals surface area (Å²) in [6.07, 6.45) is 11.1. The molecular weight excluding hydrogens is 710 g/mol. The van der Waals surface area contributed by atoms with Crippen molar-refractivity contribution in [2.24, 2.45) is 0 Å². The molecule has 2 fully saturated rings. The Morgan fingerprint density at radius 1 is 0.582 bits per heavy atom. The number of benzene rings is 4. The summed E-state index contributed by atoms with van der Waals surface area (Å²) < 4.78 is 36.2. The van der Waals surface area contributed by atoms with E-state index in [1.54, 1.807) is 0 Å². The van der Waals surface area contributed by atoms with Crippen molar-refractivity contribution in [2.75, 3.05) is 77.3 Å². The van der Waals surface area contributed by atoms with Crippen molar-refractivity contribution in [3.63, 3.8) is 0 Å². The van der Waals surface area contributed by atoms with Gasteiger partial charge in [-0.15, -0.1) is 10.2 Å². The molecule has 0 aromatic heterocycles. The van der Waals surface area contributed by atoms with Crippen molar-refractivity contribution in [2.45, 2.75) is 24.9 Å². The van der Waals surface area contributed by atoms with Gasteiger partial charge in [0.15, 0.2) is 5.71 Å². The Bertz CT molecular complexity index is 2090. The molecule has 284 valence electrons. The monoisotopic (exact) mass is 757 g/mol. The minimum atomic E-state index is -4.94. The summed E-state index contributed by atoms with van der Waals surface area (Å²) in [4.78, 5) is 10.3. The number of fused-ring (bicyclic) bond motifs is 10. The lowest BCUT2D eigenvalue weighted by Crippen LogP contribution is -2.68. The van der Waals surface area contributed by atoms with Crippen molar-refractivity contribution in [3.05, 3.63) is 159 Å². The van der Waals surface area contributed by atoms with Crippen LogP contribution in [-0.4, -0.2) is 87.5 Å². The van der Waals surface area contributed by atoms with Crippen molar-refractivity contribution in [3.8, 4) is 0 Å². The smallest absolute Gasteiger partial charge is 0.199 e. The summed E-state index contributed by atoms with van der Waals surface area (Å²) >= 11 is 0. The quantitative estimate of drug-likeness (QED) is 0.287. The largest absolute Gasteiger partial charge is 0.362 e. The molecule has 0 spiro atoms. The second kappa shape index (κ2) is 15.2. The van der Waals surface area contributed by atoms with Crippen LogP contribution in [0.3, 0.4) is 0 Å². The first-order chi connectivity index (χ1) is 26.4. The average molecular weight is 758 g/mol. The maximum atomic E-state index is 8.49. The summed E-state index contributed by atoms with van der Waals surface area (Å²) in [6.45, 7) is 6.37. The molecule has 4 heterocycles. The van der Waals surface area contributed by atoms with E-state index in [0.717, 1.165) is 52.1 Å². The fraction of sp³-hybridized carbons (Fsp3) is 0.311. The normalized spacial score (nSPS) is 20.4. The van der Waals surface area contributed by atoms with Crippen molar-refractivity contribution >= 4 is 22.7 Å². The molecule has 2 saturated heterocycles. The first kappa shape index (κ1) is 37.3. The van der Waals surface area contributed by atoms with E-state index in [9.17, 15) is 0 Å². The van der Waals surface area contributed by atoms with E-state index in [1.807, 2.05) is 0 Å². The highest BCUT2D eigenvalue weighted by atomic mass is 35.7. The number of allylic oxidation sites excluding steroid dienone is 5. The predicted molar refractivity (Wildman–Crippen MR) is 208 cm³/mol. The zero-order valence-electron chi connectivity index (χ0n) is 32.0. The average Bonchev–Trinajstić information content (AvgIpc) is 3.38. The minimum Gasteiger partial charge on any atom is -0.362 e. The SMILES string of the molecule is CN1CCN2c3ccc(C(=C4C=CC(=[N+](C)C)C=C4)c4ccc5c(c4)Cc4ccccc4C4CN(C)CCN54)cc3Cc3ccccc3C2C1.[O-][Cl+3]([O-])([O-])[O-]. The Morgan fingerprint density at radius 3 is 1.45 bits per heavy atom. The number of piperazine rings is 2. The molecule has 4 aromatic carbocycles. The van der Waals surface area contributed by atoms with Crippen LogP contribution in [0.25, 0.3) is 5.57 Å². The van der Waals surface area contributed by atoms with Crippen molar-refractivity contribution < 1.29 is 33.5 Å². The first-order valence-corrected chi connectivity index (χ1v) is 20.2. The summed E-state index contributed by atoms with van der Waals surface area (Å²) in [5.41, 5.74) is 17.9. The molecule has 5 aliphatic rings. The zero-order chi connectivity index (χ0) is 38.4. The number of rotatable bonds is 2. The van der Waals surface area contributed by atoms with E-state index < -0.39 is 10.2 Å². The molecule has 10 heteroatoms. The standard InChI is InChI=1S/C45H48N5.ClHO4/c1-46(2)38-17-13-31(14-18-38)45(34-15-19-41-36(27-34)25-32-9-5-7-11-39(32)43-29-47(3)21-23-49(41)43)35-16-20-42-37(28-35)26-33-10-6-8-12-40(33)44-30-48(4)22-24-50(42)44;2-1(3,4)5/h5-20,27-28,43-44H,21-26,29-30H2,1-4H3;(H,2,3,4,5)/q+1;/p-1. The van der Waals surface area contributed by atoms with E-state index in [-0.39, 0.29) is 0 Å². The third kappa shape index (κ3) is 7.79. The van der Waals surface area contributed by atoms with Gasteiger partial charge in [-0.3, -0.25) is 0 Å². The Morgan fingerprint density at radius 2 is 1.02 bits per heavy atom. The molecule has 55 heavy (non-hydrogen) atoms. The fourth-order valence-electron chi connectivity index (χ4n) is 9.15. The van der Waals surface area contributed by atoms with Crippen LogP contribution in [0, 0.1) is 10.2 Å². The second-order valence-corrected chi connectivity index (χ2v) is 16.3. The number of anilines is 2. The Labute approximate surface area is 326 Å². The Hall–Kier alpha value is -4.58. The van der Waals surface area contributed by atoms with Crippen LogP contribution in [-0.2, 0) is 12.8 Å². The van der Waals surface area contributed by atoms with Crippen molar-refractivity contribution in [1.82, 2.24) is 9.80 Å². The zero-order valence-corrected chi connectivity index (χ0v) is 32.7. The summed E-state index contributed by atoms with van der Waals surface area (Å²) in [5.74, 6) is 0. The van der Waals surface area contributed by atoms with Gasteiger partial charge in [-0.1, -0.05) is 60.7 Å². The fourth-order valence-corrected chi connectivity index (χ4v) is 9.15. The minimum absolute atomic E-state index is 0.380. The van der Waals surface area contributed by atoms with E-state index in [2.05, 4.69) is 162 Å². The molecule has 0 radical (unpaired) electrons.